The van der Waals surface area contributed by atoms with E-state index in [0.717, 1.165) is 16.7 Å². The molecule has 0 saturated carbocycles. The lowest BCUT2D eigenvalue weighted by Crippen LogP contribution is -2.14. The molecule has 106 valence electrons. The summed E-state index contributed by atoms with van der Waals surface area (Å²) in [6, 6.07) is 7.37. The molecule has 2 aromatic heterocycles. The molecule has 0 saturated heterocycles. The summed E-state index contributed by atoms with van der Waals surface area (Å²) in [5.41, 5.74) is 3.52. The number of rotatable bonds is 3. The maximum atomic E-state index is 12.3. The lowest BCUT2D eigenvalue weighted by Gasteiger charge is -2.08. The molecule has 0 spiro atoms. The summed E-state index contributed by atoms with van der Waals surface area (Å²) in [5, 5.41) is 11.5. The van der Waals surface area contributed by atoms with Crippen LogP contribution in [0.5, 0.6) is 5.75 Å². The SMILES string of the molecule is COc1ccc2cc(C(=O)Nc3nncs3)c(C)nc2c1. The van der Waals surface area contributed by atoms with Crippen LogP contribution < -0.4 is 10.1 Å². The highest BCUT2D eigenvalue weighted by molar-refractivity contribution is 7.13. The van der Waals surface area contributed by atoms with Crippen molar-refractivity contribution in [3.05, 3.63) is 41.0 Å². The van der Waals surface area contributed by atoms with E-state index in [4.69, 9.17) is 4.74 Å². The summed E-state index contributed by atoms with van der Waals surface area (Å²) >= 11 is 1.27. The number of methoxy groups -OCH3 is 1. The van der Waals surface area contributed by atoms with Crippen molar-refractivity contribution in [1.82, 2.24) is 15.2 Å². The van der Waals surface area contributed by atoms with Gasteiger partial charge in [-0.3, -0.25) is 15.1 Å². The average Bonchev–Trinajstić information content (AvgIpc) is 2.98. The summed E-state index contributed by atoms with van der Waals surface area (Å²) in [7, 11) is 1.61. The minimum absolute atomic E-state index is 0.241. The van der Waals surface area contributed by atoms with Crippen molar-refractivity contribution in [1.29, 1.82) is 0 Å². The number of amides is 1. The van der Waals surface area contributed by atoms with Crippen LogP contribution in [0.1, 0.15) is 16.1 Å². The summed E-state index contributed by atoms with van der Waals surface area (Å²) in [6.07, 6.45) is 0. The van der Waals surface area contributed by atoms with Crippen molar-refractivity contribution < 1.29 is 9.53 Å². The molecule has 1 N–H and O–H groups in total. The van der Waals surface area contributed by atoms with Crippen LogP contribution >= 0.6 is 11.3 Å². The van der Waals surface area contributed by atoms with E-state index in [9.17, 15) is 4.79 Å². The van der Waals surface area contributed by atoms with Crippen molar-refractivity contribution in [2.75, 3.05) is 12.4 Å². The predicted octanol–water partition coefficient (Wildman–Crippen LogP) is 2.66. The molecule has 3 aromatic rings. The molecule has 6 nitrogen and oxygen atoms in total. The third-order valence-electron chi connectivity index (χ3n) is 3.04. The number of nitrogens with zero attached hydrogens (tertiary/aromatic N) is 3. The molecule has 3 rings (SSSR count). The van der Waals surface area contributed by atoms with Gasteiger partial charge in [0.1, 0.15) is 11.3 Å². The number of hydrogen-bond acceptors (Lipinski definition) is 6. The zero-order valence-electron chi connectivity index (χ0n) is 11.5. The number of ether oxygens (including phenoxy) is 1. The predicted molar refractivity (Wildman–Crippen MR) is 80.9 cm³/mol. The van der Waals surface area contributed by atoms with Crippen LogP contribution in [-0.4, -0.2) is 28.2 Å². The Morgan fingerprint density at radius 3 is 2.90 bits per heavy atom. The second kappa shape index (κ2) is 5.45. The molecular weight excluding hydrogens is 288 g/mol. The molecule has 0 aliphatic rings. The molecule has 0 unspecified atom stereocenters. The van der Waals surface area contributed by atoms with Crippen LogP contribution in [0.4, 0.5) is 5.13 Å². The van der Waals surface area contributed by atoms with E-state index in [1.807, 2.05) is 24.3 Å². The topological polar surface area (TPSA) is 77.0 Å². The Morgan fingerprint density at radius 2 is 2.19 bits per heavy atom. The Kier molecular flexibility index (Phi) is 3.49. The number of carbonyl (C=O) groups excluding carboxylic acids is 1. The van der Waals surface area contributed by atoms with E-state index in [2.05, 4.69) is 20.5 Å². The van der Waals surface area contributed by atoms with Gasteiger partial charge < -0.3 is 4.74 Å². The van der Waals surface area contributed by atoms with Crippen LogP contribution in [0.15, 0.2) is 29.8 Å². The number of pyridine rings is 1. The average molecular weight is 300 g/mol. The number of nitrogens with one attached hydrogen (secondary N) is 1. The summed E-state index contributed by atoms with van der Waals surface area (Å²) < 4.78 is 5.18. The first kappa shape index (κ1) is 13.4. The van der Waals surface area contributed by atoms with Crippen molar-refractivity contribution in [2.45, 2.75) is 6.92 Å². The summed E-state index contributed by atoms with van der Waals surface area (Å²) in [6.45, 7) is 1.80. The van der Waals surface area contributed by atoms with Gasteiger partial charge in [0.2, 0.25) is 5.13 Å². The minimum atomic E-state index is -0.241. The van der Waals surface area contributed by atoms with Crippen molar-refractivity contribution in [3.8, 4) is 5.75 Å². The highest BCUT2D eigenvalue weighted by Crippen LogP contribution is 2.22. The van der Waals surface area contributed by atoms with Crippen LogP contribution in [0.3, 0.4) is 0 Å². The maximum absolute atomic E-state index is 12.3. The second-order valence-corrected chi connectivity index (χ2v) is 5.21. The van der Waals surface area contributed by atoms with Gasteiger partial charge in [-0.15, -0.1) is 10.2 Å². The molecule has 0 bridgehead atoms. The van der Waals surface area contributed by atoms with Gasteiger partial charge in [-0.05, 0) is 25.1 Å². The molecule has 7 heteroatoms. The Labute approximate surface area is 124 Å². The highest BCUT2D eigenvalue weighted by atomic mass is 32.1. The van der Waals surface area contributed by atoms with Gasteiger partial charge in [0, 0.05) is 11.5 Å². The van der Waals surface area contributed by atoms with E-state index in [1.165, 1.54) is 11.3 Å². The first-order valence-corrected chi connectivity index (χ1v) is 7.08. The molecule has 0 aliphatic heterocycles. The molecule has 0 fully saturated rings. The van der Waals surface area contributed by atoms with E-state index in [1.54, 1.807) is 19.5 Å². The van der Waals surface area contributed by atoms with E-state index < -0.39 is 0 Å². The maximum Gasteiger partial charge on any atom is 0.259 e. The van der Waals surface area contributed by atoms with E-state index >= 15 is 0 Å². The molecule has 21 heavy (non-hydrogen) atoms. The van der Waals surface area contributed by atoms with Crippen LogP contribution in [0, 0.1) is 6.92 Å². The van der Waals surface area contributed by atoms with Gasteiger partial charge in [-0.25, -0.2) is 0 Å². The fourth-order valence-electron chi connectivity index (χ4n) is 1.99. The van der Waals surface area contributed by atoms with Gasteiger partial charge in [0.25, 0.3) is 5.91 Å². The molecule has 0 atom stereocenters. The summed E-state index contributed by atoms with van der Waals surface area (Å²) in [5.74, 6) is 0.495. The number of carbonyl (C=O) groups is 1. The zero-order chi connectivity index (χ0) is 14.8. The first-order chi connectivity index (χ1) is 10.2. The Balaban J connectivity index is 1.98. The lowest BCUT2D eigenvalue weighted by molar-refractivity contribution is 0.102. The largest absolute Gasteiger partial charge is 0.497 e. The first-order valence-electron chi connectivity index (χ1n) is 6.20. The van der Waals surface area contributed by atoms with Gasteiger partial charge in [-0.2, -0.15) is 0 Å². The number of fused-ring (bicyclic) bond motifs is 1. The van der Waals surface area contributed by atoms with Crippen molar-refractivity contribution >= 4 is 33.3 Å². The van der Waals surface area contributed by atoms with E-state index in [0.29, 0.717) is 16.4 Å². The molecule has 0 radical (unpaired) electrons. The molecule has 1 aromatic carbocycles. The third kappa shape index (κ3) is 2.68. The Morgan fingerprint density at radius 1 is 1.33 bits per heavy atom. The van der Waals surface area contributed by atoms with Crippen LogP contribution in [-0.2, 0) is 0 Å². The normalized spacial score (nSPS) is 10.6. The number of anilines is 1. The van der Waals surface area contributed by atoms with Gasteiger partial charge in [0.05, 0.1) is 23.9 Å². The smallest absolute Gasteiger partial charge is 0.259 e. The molecule has 2 heterocycles. The summed E-state index contributed by atoms with van der Waals surface area (Å²) in [4.78, 5) is 16.7. The fraction of sp³-hybridized carbons (Fsp3) is 0.143. The lowest BCUT2D eigenvalue weighted by atomic mass is 10.1. The van der Waals surface area contributed by atoms with Gasteiger partial charge in [0.15, 0.2) is 0 Å². The van der Waals surface area contributed by atoms with Gasteiger partial charge >= 0.3 is 0 Å². The molecule has 1 amide bonds. The van der Waals surface area contributed by atoms with Crippen molar-refractivity contribution in [2.24, 2.45) is 0 Å². The number of hydrogen-bond donors (Lipinski definition) is 1. The van der Waals surface area contributed by atoms with E-state index in [-0.39, 0.29) is 5.91 Å². The van der Waals surface area contributed by atoms with Crippen LogP contribution in [0.25, 0.3) is 10.9 Å². The van der Waals surface area contributed by atoms with Crippen LogP contribution in [0.2, 0.25) is 0 Å². The second-order valence-electron chi connectivity index (χ2n) is 4.38. The third-order valence-corrected chi connectivity index (χ3v) is 3.65. The minimum Gasteiger partial charge on any atom is -0.497 e. The number of aromatic nitrogens is 3. The number of aryl methyl sites for hydroxylation is 1. The molecule has 0 aliphatic carbocycles. The standard InChI is InChI=1S/C14H12N4O2S/c1-8-11(13(19)17-14-18-15-7-21-14)5-9-3-4-10(20-2)6-12(9)16-8/h3-7H,1-2H3,(H,17,18,19). The zero-order valence-corrected chi connectivity index (χ0v) is 12.3. The highest BCUT2D eigenvalue weighted by Gasteiger charge is 2.13. The molecular formula is C14H12N4O2S. The number of benzene rings is 1. The quantitative estimate of drug-likeness (QED) is 0.804. The fourth-order valence-corrected chi connectivity index (χ4v) is 2.43. The Hall–Kier alpha value is -2.54. The Bertz CT molecular complexity index is 802. The van der Waals surface area contributed by atoms with Crippen molar-refractivity contribution in [3.63, 3.8) is 0 Å². The monoisotopic (exact) mass is 300 g/mol. The van der Waals surface area contributed by atoms with Gasteiger partial charge in [-0.1, -0.05) is 11.3 Å².